The lowest BCUT2D eigenvalue weighted by atomic mass is 10.1. The van der Waals surface area contributed by atoms with Crippen molar-refractivity contribution in [2.45, 2.75) is 258 Å². The highest BCUT2D eigenvalue weighted by Crippen LogP contribution is 2.14. The van der Waals surface area contributed by atoms with Crippen LogP contribution >= 0.6 is 0 Å². The minimum atomic E-state index is -0.834. The number of carbonyl (C=O) groups is 3. The van der Waals surface area contributed by atoms with Crippen LogP contribution < -0.4 is 0 Å². The molecular weight excluding hydrogens is 1020 g/mol. The average Bonchev–Trinajstić information content (AvgIpc) is 3.49. The first-order valence-corrected chi connectivity index (χ1v) is 32.9. The number of hydrogen-bond acceptors (Lipinski definition) is 6. The van der Waals surface area contributed by atoms with E-state index in [-0.39, 0.29) is 44.0 Å². The minimum Gasteiger partial charge on any atom is -0.462 e. The summed E-state index contributed by atoms with van der Waals surface area (Å²) in [6.07, 6.45) is 104. The van der Waals surface area contributed by atoms with Crippen LogP contribution in [-0.2, 0) is 28.6 Å². The molecule has 1 atom stereocenters. The smallest absolute Gasteiger partial charge is 0.306 e. The number of ether oxygens (including phenoxy) is 3. The fourth-order valence-corrected chi connectivity index (χ4v) is 8.26. The van der Waals surface area contributed by atoms with E-state index in [0.717, 1.165) is 154 Å². The van der Waals surface area contributed by atoms with Crippen molar-refractivity contribution >= 4 is 17.9 Å². The molecule has 0 aliphatic carbocycles. The van der Waals surface area contributed by atoms with Crippen molar-refractivity contribution in [2.75, 3.05) is 13.2 Å². The fraction of sp³-hybridized carbons (Fsp3) is 0.545. The summed E-state index contributed by atoms with van der Waals surface area (Å²) in [7, 11) is 0. The van der Waals surface area contributed by atoms with Gasteiger partial charge in [0, 0.05) is 19.3 Å². The third-order valence-corrected chi connectivity index (χ3v) is 13.1. The Morgan fingerprint density at radius 3 is 0.699 bits per heavy atom. The number of rotatable bonds is 57. The number of allylic oxidation sites excluding steroid dienone is 32. The minimum absolute atomic E-state index is 0.121. The van der Waals surface area contributed by atoms with Crippen LogP contribution in [0.1, 0.15) is 252 Å². The van der Waals surface area contributed by atoms with Crippen molar-refractivity contribution in [3.8, 4) is 0 Å². The summed E-state index contributed by atoms with van der Waals surface area (Å²) in [4.78, 5) is 38.4. The van der Waals surface area contributed by atoms with E-state index in [1.165, 1.54) is 44.9 Å². The summed E-state index contributed by atoms with van der Waals surface area (Å²) in [5.41, 5.74) is 0. The lowest BCUT2D eigenvalue weighted by Crippen LogP contribution is -2.30. The average molecular weight is 1140 g/mol. The highest BCUT2D eigenvalue weighted by molar-refractivity contribution is 5.71. The molecule has 462 valence electrons. The molecule has 0 heterocycles. The second-order valence-electron chi connectivity index (χ2n) is 20.9. The molecule has 0 radical (unpaired) electrons. The summed E-state index contributed by atoms with van der Waals surface area (Å²) in [6, 6.07) is 0. The summed E-state index contributed by atoms with van der Waals surface area (Å²) in [6.45, 7) is 6.21. The topological polar surface area (TPSA) is 78.9 Å². The quantitative estimate of drug-likeness (QED) is 0.0261. The normalized spacial score (nSPS) is 13.4. The van der Waals surface area contributed by atoms with E-state index in [9.17, 15) is 14.4 Å². The lowest BCUT2D eigenvalue weighted by Gasteiger charge is -2.18. The predicted octanol–water partition coefficient (Wildman–Crippen LogP) is 23.0. The second kappa shape index (κ2) is 68.7. The van der Waals surface area contributed by atoms with Crippen molar-refractivity contribution < 1.29 is 28.6 Å². The Balaban J connectivity index is 4.48. The monoisotopic (exact) mass is 1140 g/mol. The Labute approximate surface area is 509 Å². The van der Waals surface area contributed by atoms with Gasteiger partial charge in [0.2, 0.25) is 0 Å². The molecule has 0 amide bonds. The largest absolute Gasteiger partial charge is 0.462 e. The van der Waals surface area contributed by atoms with Crippen LogP contribution in [0.25, 0.3) is 0 Å². The van der Waals surface area contributed by atoms with E-state index in [1.807, 2.05) is 0 Å². The standard InChI is InChI=1S/C77H118O6/c1-4-7-10-13-16-19-22-25-28-30-32-34-35-36-37-38-39-40-41-43-44-46-49-52-55-58-61-64-67-70-76(79)82-73-74(72-81-75(78)69-66-63-60-57-54-51-48-27-24-21-18-15-12-9-6-3)83-77(80)71-68-65-62-59-56-53-50-47-45-42-33-31-29-26-23-20-17-14-11-8-5-2/h7-12,16-21,25-29,32-34,36-37,39-40,42,47-48,50,54,56-57,59,74H,4-6,13-15,22-24,30-31,35,38,41,43-46,49,51-53,55,58,60-73H2,1-3H3/b10-7-,11-8-,12-9-,19-16-,20-17-,21-18-,28-25-,29-26-,34-32-,37-36-,40-39-,42-33-,48-27-,50-47-,57-54-,59-56-. The molecule has 0 rings (SSSR count). The predicted molar refractivity (Wildman–Crippen MR) is 361 cm³/mol. The Morgan fingerprint density at radius 2 is 0.434 bits per heavy atom. The SMILES string of the molecule is CC/C=C\C/C=C\C/C=C\C/C=C\C/C=C\C/C=C\CCCCCCCCCCCCC(=O)OCC(COC(=O)CCCC/C=C\C/C=C\C/C=C\C/C=C\CC)OC(=O)CCCC/C=C\C/C=C\C/C=C\C/C=C\C/C=C\C/C=C\CC. The van der Waals surface area contributed by atoms with E-state index in [0.29, 0.717) is 19.3 Å². The van der Waals surface area contributed by atoms with Gasteiger partial charge in [-0.25, -0.2) is 0 Å². The molecule has 0 aliphatic heterocycles. The zero-order valence-corrected chi connectivity index (χ0v) is 52.9. The molecule has 6 nitrogen and oxygen atoms in total. The molecule has 0 fully saturated rings. The molecule has 6 heteroatoms. The Hall–Kier alpha value is -5.75. The lowest BCUT2D eigenvalue weighted by molar-refractivity contribution is -0.167. The van der Waals surface area contributed by atoms with Crippen LogP contribution in [0.3, 0.4) is 0 Å². The van der Waals surface area contributed by atoms with Gasteiger partial charge in [0.25, 0.3) is 0 Å². The van der Waals surface area contributed by atoms with Gasteiger partial charge in [-0.15, -0.1) is 0 Å². The van der Waals surface area contributed by atoms with Crippen molar-refractivity contribution in [3.05, 3.63) is 194 Å². The van der Waals surface area contributed by atoms with Crippen LogP contribution in [0, 0.1) is 0 Å². The van der Waals surface area contributed by atoms with Crippen LogP contribution in [0.4, 0.5) is 0 Å². The van der Waals surface area contributed by atoms with Crippen LogP contribution in [-0.4, -0.2) is 37.2 Å². The Morgan fingerprint density at radius 1 is 0.241 bits per heavy atom. The number of carbonyl (C=O) groups excluding carboxylic acids is 3. The Bertz CT molecular complexity index is 1990. The zero-order chi connectivity index (χ0) is 59.9. The zero-order valence-electron chi connectivity index (χ0n) is 52.9. The molecule has 0 N–H and O–H groups in total. The maximum atomic E-state index is 12.9. The summed E-state index contributed by atoms with van der Waals surface area (Å²) in [5, 5.41) is 0. The Kier molecular flexibility index (Phi) is 64.0. The van der Waals surface area contributed by atoms with E-state index in [4.69, 9.17) is 14.2 Å². The van der Waals surface area contributed by atoms with Gasteiger partial charge in [0.15, 0.2) is 6.10 Å². The first-order chi connectivity index (χ1) is 41.0. The molecule has 0 saturated heterocycles. The molecule has 0 spiro atoms. The highest BCUT2D eigenvalue weighted by Gasteiger charge is 2.19. The molecule has 0 aromatic heterocycles. The third kappa shape index (κ3) is 66.9. The van der Waals surface area contributed by atoms with E-state index in [1.54, 1.807) is 0 Å². The summed E-state index contributed by atoms with van der Waals surface area (Å²) < 4.78 is 16.9. The summed E-state index contributed by atoms with van der Waals surface area (Å²) >= 11 is 0. The third-order valence-electron chi connectivity index (χ3n) is 13.1. The van der Waals surface area contributed by atoms with Crippen LogP contribution in [0.2, 0.25) is 0 Å². The van der Waals surface area contributed by atoms with Gasteiger partial charge in [-0.1, -0.05) is 267 Å². The van der Waals surface area contributed by atoms with Crippen molar-refractivity contribution in [2.24, 2.45) is 0 Å². The number of unbranched alkanes of at least 4 members (excludes halogenated alkanes) is 14. The van der Waals surface area contributed by atoms with E-state index in [2.05, 4.69) is 215 Å². The molecule has 0 aromatic rings. The highest BCUT2D eigenvalue weighted by atomic mass is 16.6. The van der Waals surface area contributed by atoms with Crippen molar-refractivity contribution in [1.29, 1.82) is 0 Å². The fourth-order valence-electron chi connectivity index (χ4n) is 8.26. The second-order valence-corrected chi connectivity index (χ2v) is 20.9. The van der Waals surface area contributed by atoms with E-state index >= 15 is 0 Å². The van der Waals surface area contributed by atoms with Gasteiger partial charge in [0.05, 0.1) is 0 Å². The molecule has 0 aliphatic rings. The van der Waals surface area contributed by atoms with Gasteiger partial charge in [-0.2, -0.15) is 0 Å². The van der Waals surface area contributed by atoms with E-state index < -0.39 is 6.10 Å². The van der Waals surface area contributed by atoms with Gasteiger partial charge < -0.3 is 14.2 Å². The van der Waals surface area contributed by atoms with Gasteiger partial charge in [-0.05, 0) is 161 Å². The van der Waals surface area contributed by atoms with Gasteiger partial charge in [0.1, 0.15) is 13.2 Å². The van der Waals surface area contributed by atoms with Gasteiger partial charge >= 0.3 is 17.9 Å². The molecule has 0 bridgehead atoms. The van der Waals surface area contributed by atoms with Crippen molar-refractivity contribution in [1.82, 2.24) is 0 Å². The maximum absolute atomic E-state index is 12.9. The van der Waals surface area contributed by atoms with Crippen LogP contribution in [0.15, 0.2) is 194 Å². The summed E-state index contributed by atoms with van der Waals surface area (Å²) in [5.74, 6) is -1.02. The van der Waals surface area contributed by atoms with Crippen molar-refractivity contribution in [3.63, 3.8) is 0 Å². The van der Waals surface area contributed by atoms with Crippen LogP contribution in [0.5, 0.6) is 0 Å². The molecule has 0 aromatic carbocycles. The molecular formula is C77H118O6. The number of esters is 3. The maximum Gasteiger partial charge on any atom is 0.306 e. The number of hydrogen-bond donors (Lipinski definition) is 0. The molecule has 83 heavy (non-hydrogen) atoms. The molecule has 0 saturated carbocycles. The first-order valence-electron chi connectivity index (χ1n) is 32.9. The first kappa shape index (κ1) is 77.2. The van der Waals surface area contributed by atoms with Gasteiger partial charge in [-0.3, -0.25) is 14.4 Å². The molecule has 1 unspecified atom stereocenters.